The van der Waals surface area contributed by atoms with Crippen molar-refractivity contribution in [3.63, 3.8) is 0 Å². The number of carbonyl (C=O) groups excluding carboxylic acids is 1. The number of thioether (sulfide) groups is 1. The van der Waals surface area contributed by atoms with Gasteiger partial charge in [0.15, 0.2) is 0 Å². The van der Waals surface area contributed by atoms with Crippen LogP contribution in [0.2, 0.25) is 5.02 Å². The van der Waals surface area contributed by atoms with Gasteiger partial charge in [0.05, 0.1) is 10.3 Å². The molecule has 0 aliphatic heterocycles. The Labute approximate surface area is 133 Å². The third kappa shape index (κ3) is 4.65. The van der Waals surface area contributed by atoms with E-state index < -0.39 is 0 Å². The lowest BCUT2D eigenvalue weighted by Crippen LogP contribution is -2.24. The highest BCUT2D eigenvalue weighted by atomic mass is 35.5. The predicted molar refractivity (Wildman–Crippen MR) is 88.7 cm³/mol. The number of pyridine rings is 1. The van der Waals surface area contributed by atoms with Gasteiger partial charge in [-0.25, -0.2) is 4.98 Å². The van der Waals surface area contributed by atoms with E-state index in [9.17, 15) is 4.79 Å². The van der Waals surface area contributed by atoms with Crippen molar-refractivity contribution in [1.82, 2.24) is 4.98 Å². The van der Waals surface area contributed by atoms with Crippen LogP contribution in [0.5, 0.6) is 0 Å². The van der Waals surface area contributed by atoms with E-state index in [2.05, 4.69) is 10.3 Å². The third-order valence-electron chi connectivity index (χ3n) is 2.80. The van der Waals surface area contributed by atoms with Crippen molar-refractivity contribution in [2.45, 2.75) is 23.5 Å². The molecule has 0 radical (unpaired) electrons. The molecule has 6 heteroatoms. The van der Waals surface area contributed by atoms with Crippen LogP contribution in [0.3, 0.4) is 0 Å². The number of nitrogens with two attached hydrogens (primary N) is 1. The number of benzene rings is 1. The van der Waals surface area contributed by atoms with Crippen LogP contribution in [0, 0.1) is 0 Å². The SMILES string of the molecule is CCC(Sc1ccc(N)cc1)C(=O)Nc1ccc(Cl)cn1. The molecule has 1 atom stereocenters. The second kappa shape index (κ2) is 7.33. The summed E-state index contributed by atoms with van der Waals surface area (Å²) >= 11 is 7.28. The van der Waals surface area contributed by atoms with Gasteiger partial charge >= 0.3 is 0 Å². The van der Waals surface area contributed by atoms with Crippen LogP contribution in [0.1, 0.15) is 13.3 Å². The Morgan fingerprint density at radius 3 is 2.62 bits per heavy atom. The molecule has 0 fully saturated rings. The Morgan fingerprint density at radius 1 is 1.33 bits per heavy atom. The number of hydrogen-bond acceptors (Lipinski definition) is 4. The average molecular weight is 322 g/mol. The summed E-state index contributed by atoms with van der Waals surface area (Å²) in [5.41, 5.74) is 6.37. The maximum Gasteiger partial charge on any atom is 0.239 e. The Hall–Kier alpha value is -1.72. The lowest BCUT2D eigenvalue weighted by Gasteiger charge is -2.14. The average Bonchev–Trinajstić information content (AvgIpc) is 2.49. The molecule has 1 heterocycles. The van der Waals surface area contributed by atoms with E-state index in [1.165, 1.54) is 18.0 Å². The summed E-state index contributed by atoms with van der Waals surface area (Å²) < 4.78 is 0. The Kier molecular flexibility index (Phi) is 5.47. The summed E-state index contributed by atoms with van der Waals surface area (Å²) in [5.74, 6) is 0.426. The molecule has 2 rings (SSSR count). The Morgan fingerprint density at radius 2 is 2.05 bits per heavy atom. The predicted octanol–water partition coefficient (Wildman–Crippen LogP) is 3.83. The van der Waals surface area contributed by atoms with E-state index in [1.807, 2.05) is 31.2 Å². The van der Waals surface area contributed by atoms with Crippen molar-refractivity contribution in [2.24, 2.45) is 0 Å². The molecule has 1 aromatic carbocycles. The van der Waals surface area contributed by atoms with E-state index in [1.54, 1.807) is 12.1 Å². The second-order valence-electron chi connectivity index (χ2n) is 4.43. The summed E-state index contributed by atoms with van der Waals surface area (Å²) in [6.45, 7) is 1.98. The first-order valence-electron chi connectivity index (χ1n) is 6.53. The highest BCUT2D eigenvalue weighted by molar-refractivity contribution is 8.00. The normalized spacial score (nSPS) is 11.9. The number of aromatic nitrogens is 1. The van der Waals surface area contributed by atoms with E-state index in [-0.39, 0.29) is 11.2 Å². The molecule has 0 saturated carbocycles. The van der Waals surface area contributed by atoms with Gasteiger partial charge in [-0.3, -0.25) is 4.79 Å². The first-order chi connectivity index (χ1) is 10.1. The monoisotopic (exact) mass is 321 g/mol. The molecule has 1 unspecified atom stereocenters. The summed E-state index contributed by atoms with van der Waals surface area (Å²) in [4.78, 5) is 17.3. The van der Waals surface area contributed by atoms with Crippen LogP contribution in [0.4, 0.5) is 11.5 Å². The van der Waals surface area contributed by atoms with Gasteiger partial charge < -0.3 is 11.1 Å². The van der Waals surface area contributed by atoms with Crippen LogP contribution >= 0.6 is 23.4 Å². The van der Waals surface area contributed by atoms with Crippen LogP contribution in [-0.2, 0) is 4.79 Å². The van der Waals surface area contributed by atoms with Crippen LogP contribution < -0.4 is 11.1 Å². The molecular weight excluding hydrogens is 306 g/mol. The second-order valence-corrected chi connectivity index (χ2v) is 6.15. The lowest BCUT2D eigenvalue weighted by molar-refractivity contribution is -0.115. The van der Waals surface area contributed by atoms with Gasteiger partial charge in [0.1, 0.15) is 5.82 Å². The van der Waals surface area contributed by atoms with E-state index in [4.69, 9.17) is 17.3 Å². The van der Waals surface area contributed by atoms with E-state index in [0.29, 0.717) is 22.9 Å². The number of halogens is 1. The molecule has 0 aliphatic rings. The minimum absolute atomic E-state index is 0.0749. The van der Waals surface area contributed by atoms with Crippen molar-refractivity contribution in [1.29, 1.82) is 0 Å². The smallest absolute Gasteiger partial charge is 0.239 e. The number of nitrogens with zero attached hydrogens (tertiary/aromatic N) is 1. The van der Waals surface area contributed by atoms with Crippen molar-refractivity contribution < 1.29 is 4.79 Å². The minimum atomic E-state index is -0.189. The van der Waals surface area contributed by atoms with Crippen LogP contribution in [-0.4, -0.2) is 16.1 Å². The van der Waals surface area contributed by atoms with Gasteiger partial charge in [-0.15, -0.1) is 11.8 Å². The third-order valence-corrected chi connectivity index (χ3v) is 4.40. The van der Waals surface area contributed by atoms with Crippen molar-refractivity contribution in [3.8, 4) is 0 Å². The fraction of sp³-hybridized carbons (Fsp3) is 0.200. The van der Waals surface area contributed by atoms with Crippen molar-refractivity contribution in [3.05, 3.63) is 47.6 Å². The molecule has 4 nitrogen and oxygen atoms in total. The van der Waals surface area contributed by atoms with Crippen molar-refractivity contribution in [2.75, 3.05) is 11.1 Å². The van der Waals surface area contributed by atoms with Gasteiger partial charge in [-0.1, -0.05) is 18.5 Å². The number of nitrogens with one attached hydrogen (secondary N) is 1. The molecule has 3 N–H and O–H groups in total. The maximum absolute atomic E-state index is 12.3. The maximum atomic E-state index is 12.3. The zero-order valence-corrected chi connectivity index (χ0v) is 13.1. The van der Waals surface area contributed by atoms with Gasteiger partial charge in [0.2, 0.25) is 5.91 Å². The molecule has 1 aromatic heterocycles. The zero-order chi connectivity index (χ0) is 15.2. The lowest BCUT2D eigenvalue weighted by atomic mass is 10.3. The van der Waals surface area contributed by atoms with Gasteiger partial charge in [-0.05, 0) is 42.8 Å². The number of nitrogen functional groups attached to an aromatic ring is 1. The molecule has 0 bridgehead atoms. The highest BCUT2D eigenvalue weighted by Gasteiger charge is 2.18. The number of rotatable bonds is 5. The summed E-state index contributed by atoms with van der Waals surface area (Å²) in [6.07, 6.45) is 2.22. The van der Waals surface area contributed by atoms with Gasteiger partial charge in [0.25, 0.3) is 0 Å². The molecule has 110 valence electrons. The number of carbonyl (C=O) groups is 1. The quantitative estimate of drug-likeness (QED) is 0.648. The van der Waals surface area contributed by atoms with Crippen LogP contribution in [0.25, 0.3) is 0 Å². The van der Waals surface area contributed by atoms with E-state index >= 15 is 0 Å². The van der Waals surface area contributed by atoms with Crippen molar-refractivity contribution >= 4 is 40.8 Å². The largest absolute Gasteiger partial charge is 0.399 e. The van der Waals surface area contributed by atoms with Crippen LogP contribution in [0.15, 0.2) is 47.5 Å². The molecule has 2 aromatic rings. The fourth-order valence-corrected chi connectivity index (χ4v) is 2.76. The van der Waals surface area contributed by atoms with Gasteiger partial charge in [-0.2, -0.15) is 0 Å². The molecule has 0 aliphatic carbocycles. The summed E-state index contributed by atoms with van der Waals surface area (Å²) in [6, 6.07) is 10.9. The molecule has 0 spiro atoms. The van der Waals surface area contributed by atoms with E-state index in [0.717, 1.165) is 4.90 Å². The number of anilines is 2. The first kappa shape index (κ1) is 15.7. The van der Waals surface area contributed by atoms with Gasteiger partial charge in [0, 0.05) is 16.8 Å². The number of amides is 1. The number of hydrogen-bond donors (Lipinski definition) is 2. The summed E-state index contributed by atoms with van der Waals surface area (Å²) in [5, 5.41) is 3.15. The molecule has 1 amide bonds. The molecule has 21 heavy (non-hydrogen) atoms. The topological polar surface area (TPSA) is 68.0 Å². The summed E-state index contributed by atoms with van der Waals surface area (Å²) in [7, 11) is 0. The fourth-order valence-electron chi connectivity index (χ4n) is 1.69. The minimum Gasteiger partial charge on any atom is -0.399 e. The first-order valence-corrected chi connectivity index (χ1v) is 7.79. The molecule has 0 saturated heterocycles. The standard InChI is InChI=1S/C15H16ClN3OS/c1-2-13(21-12-6-4-11(17)5-7-12)15(20)19-14-8-3-10(16)9-18-14/h3-9,13H,2,17H2,1H3,(H,18,19,20). The molecular formula is C15H16ClN3OS. The highest BCUT2D eigenvalue weighted by Crippen LogP contribution is 2.27. The Bertz CT molecular complexity index is 601. The zero-order valence-electron chi connectivity index (χ0n) is 11.5. The Balaban J connectivity index is 2.01.